The summed E-state index contributed by atoms with van der Waals surface area (Å²) in [7, 11) is -4.64. The second-order valence-electron chi connectivity index (χ2n) is 0.796. The molecule has 0 atom stereocenters. The van der Waals surface area contributed by atoms with E-state index in [2.05, 4.69) is 0 Å². The van der Waals surface area contributed by atoms with Gasteiger partial charge in [-0.1, -0.05) is 0 Å². The molecule has 0 unspecified atom stereocenters. The normalized spacial score (nSPS) is 7.55. The SMILES string of the molecule is O=C(O)O.O=P(O)(O)O.[Co].[NaH]. The van der Waals surface area contributed by atoms with Gasteiger partial charge in [-0.05, 0) is 0 Å². The number of hydrogen-bond donors (Lipinski definition) is 5. The van der Waals surface area contributed by atoms with Crippen LogP contribution in [0.1, 0.15) is 0 Å². The summed E-state index contributed by atoms with van der Waals surface area (Å²) in [6.45, 7) is 0. The van der Waals surface area contributed by atoms with Crippen molar-refractivity contribution in [3.05, 3.63) is 0 Å². The Balaban J connectivity index is -0.0000000383. The van der Waals surface area contributed by atoms with E-state index in [0.717, 1.165) is 0 Å². The van der Waals surface area contributed by atoms with Crippen LogP contribution in [0.2, 0.25) is 0 Å². The molecule has 0 saturated heterocycles. The number of phosphoric acid groups is 1. The van der Waals surface area contributed by atoms with Crippen LogP contribution >= 0.6 is 7.82 Å². The number of rotatable bonds is 0. The molecule has 5 N–H and O–H groups in total. The van der Waals surface area contributed by atoms with Gasteiger partial charge in [0, 0.05) is 16.8 Å². The van der Waals surface area contributed by atoms with Crippen LogP contribution in [-0.4, -0.2) is 60.6 Å². The first-order valence-corrected chi connectivity index (χ1v) is 3.00. The summed E-state index contributed by atoms with van der Waals surface area (Å²) >= 11 is 0. The Bertz CT molecular complexity index is 118. The Morgan fingerprint density at radius 2 is 1.09 bits per heavy atom. The van der Waals surface area contributed by atoms with E-state index in [9.17, 15) is 0 Å². The summed E-state index contributed by atoms with van der Waals surface area (Å²) in [6, 6.07) is 0. The van der Waals surface area contributed by atoms with Crippen molar-refractivity contribution >= 4 is 43.5 Å². The molecule has 0 aromatic carbocycles. The van der Waals surface area contributed by atoms with Gasteiger partial charge in [-0.25, -0.2) is 9.36 Å². The fourth-order valence-electron chi connectivity index (χ4n) is 0. The Kier molecular flexibility index (Phi) is 22.4. The van der Waals surface area contributed by atoms with Crippen LogP contribution < -0.4 is 0 Å². The molecule has 0 fully saturated rings. The van der Waals surface area contributed by atoms with Gasteiger partial charge in [0.2, 0.25) is 0 Å². The first kappa shape index (κ1) is 22.6. The maximum atomic E-state index is 8.88. The minimum atomic E-state index is -4.64. The summed E-state index contributed by atoms with van der Waals surface area (Å²) in [6.07, 6.45) is -1.83. The predicted molar refractivity (Wildman–Crippen MR) is 32.1 cm³/mol. The maximum absolute atomic E-state index is 8.88. The zero-order valence-corrected chi connectivity index (χ0v) is 6.27. The van der Waals surface area contributed by atoms with Gasteiger partial charge in [0.15, 0.2) is 0 Å². The van der Waals surface area contributed by atoms with Crippen molar-refractivity contribution in [1.82, 2.24) is 0 Å². The van der Waals surface area contributed by atoms with Crippen LogP contribution in [-0.2, 0) is 21.3 Å². The molecule has 0 aliphatic carbocycles. The van der Waals surface area contributed by atoms with Crippen LogP contribution in [0.25, 0.3) is 0 Å². The summed E-state index contributed by atoms with van der Waals surface area (Å²) < 4.78 is 8.88. The first-order valence-electron chi connectivity index (χ1n) is 1.43. The molecule has 0 heterocycles. The fourth-order valence-corrected chi connectivity index (χ4v) is 0. The Morgan fingerprint density at radius 3 is 1.09 bits per heavy atom. The molecule has 67 valence electrons. The van der Waals surface area contributed by atoms with Crippen molar-refractivity contribution in [2.75, 3.05) is 0 Å². The molecule has 0 spiro atoms. The van der Waals surface area contributed by atoms with Gasteiger partial charge < -0.3 is 24.9 Å². The van der Waals surface area contributed by atoms with Crippen LogP contribution in [0, 0.1) is 0 Å². The van der Waals surface area contributed by atoms with Crippen molar-refractivity contribution in [1.29, 1.82) is 0 Å². The molecule has 11 heavy (non-hydrogen) atoms. The van der Waals surface area contributed by atoms with E-state index in [1.807, 2.05) is 0 Å². The second kappa shape index (κ2) is 10.9. The molecule has 0 amide bonds. The molecule has 0 aliphatic rings. The van der Waals surface area contributed by atoms with E-state index in [1.165, 1.54) is 0 Å². The quantitative estimate of drug-likeness (QED) is 0.262. The Morgan fingerprint density at radius 1 is 1.09 bits per heavy atom. The molecule has 0 saturated carbocycles. The molecular formula is CH6CoNaO7P. The number of carbonyl (C=O) groups is 1. The van der Waals surface area contributed by atoms with E-state index in [0.29, 0.717) is 0 Å². The summed E-state index contributed by atoms with van der Waals surface area (Å²) in [5, 5.41) is 13.9. The van der Waals surface area contributed by atoms with Crippen molar-refractivity contribution in [2.45, 2.75) is 0 Å². The molecule has 0 aromatic heterocycles. The van der Waals surface area contributed by atoms with Crippen LogP contribution in [0.5, 0.6) is 0 Å². The van der Waals surface area contributed by atoms with Crippen LogP contribution in [0.15, 0.2) is 0 Å². The van der Waals surface area contributed by atoms with Gasteiger partial charge in [0.25, 0.3) is 0 Å². The molecule has 0 aromatic rings. The third-order valence-electron chi connectivity index (χ3n) is 0. The van der Waals surface area contributed by atoms with Gasteiger partial charge in [-0.3, -0.25) is 0 Å². The molecule has 0 aliphatic heterocycles. The van der Waals surface area contributed by atoms with Gasteiger partial charge >= 0.3 is 43.5 Å². The van der Waals surface area contributed by atoms with Crippen LogP contribution in [0.4, 0.5) is 4.79 Å². The predicted octanol–water partition coefficient (Wildman–Crippen LogP) is -1.36. The van der Waals surface area contributed by atoms with E-state index >= 15 is 0 Å². The zero-order chi connectivity index (χ0) is 8.08. The standard InChI is InChI=1S/CH2O3.Co.Na.H3O4P.H/c2-1(3)4;;;1-5(2,3)4;/h(H2,2,3,4);;;(H3,1,2,3,4);. The number of hydrogen-bond acceptors (Lipinski definition) is 2. The minimum absolute atomic E-state index is 0. The van der Waals surface area contributed by atoms with Crippen molar-refractivity contribution in [2.24, 2.45) is 0 Å². The molecular weight excluding hydrogens is 237 g/mol. The van der Waals surface area contributed by atoms with E-state index in [-0.39, 0.29) is 46.3 Å². The third kappa shape index (κ3) is 1090. The Hall–Kier alpha value is 0.886. The molecule has 1 radical (unpaired) electrons. The first-order chi connectivity index (χ1) is 3.73. The third-order valence-corrected chi connectivity index (χ3v) is 0. The van der Waals surface area contributed by atoms with Gasteiger partial charge in [-0.15, -0.1) is 0 Å². The van der Waals surface area contributed by atoms with Gasteiger partial charge in [0.05, 0.1) is 0 Å². The van der Waals surface area contributed by atoms with Gasteiger partial charge in [-0.2, -0.15) is 0 Å². The molecule has 0 bridgehead atoms. The molecule has 7 nitrogen and oxygen atoms in total. The second-order valence-corrected chi connectivity index (χ2v) is 1.82. The molecule has 10 heteroatoms. The summed E-state index contributed by atoms with van der Waals surface area (Å²) in [5.74, 6) is 0. The van der Waals surface area contributed by atoms with Crippen molar-refractivity contribution in [3.8, 4) is 0 Å². The monoisotopic (exact) mass is 243 g/mol. The zero-order valence-electron chi connectivity index (χ0n) is 4.33. The van der Waals surface area contributed by atoms with Gasteiger partial charge in [0.1, 0.15) is 0 Å². The number of carboxylic acid groups (broad SMARTS) is 2. The molecule has 0 rings (SSSR count). The van der Waals surface area contributed by atoms with Crippen molar-refractivity contribution < 1.29 is 51.0 Å². The average molecular weight is 243 g/mol. The summed E-state index contributed by atoms with van der Waals surface area (Å²) in [5.41, 5.74) is 0. The van der Waals surface area contributed by atoms with E-state index < -0.39 is 14.0 Å². The fraction of sp³-hybridized carbons (Fsp3) is 0. The van der Waals surface area contributed by atoms with Crippen LogP contribution in [0.3, 0.4) is 0 Å². The average Bonchev–Trinajstić information content (AvgIpc) is 1.19. The van der Waals surface area contributed by atoms with E-state index in [1.54, 1.807) is 0 Å². The Labute approximate surface area is 94.2 Å². The topological polar surface area (TPSA) is 135 Å². The van der Waals surface area contributed by atoms with Crippen molar-refractivity contribution in [3.63, 3.8) is 0 Å². The summed E-state index contributed by atoms with van der Waals surface area (Å²) in [4.78, 5) is 30.1. The van der Waals surface area contributed by atoms with E-state index in [4.69, 9.17) is 34.3 Å².